The Balaban J connectivity index is 2.08. The Kier molecular flexibility index (Phi) is 7.55. The molecule has 0 spiro atoms. The first-order valence-corrected chi connectivity index (χ1v) is 8.69. The number of aliphatic hydroxyl groups is 1. The van der Waals surface area contributed by atoms with Crippen molar-refractivity contribution < 1.29 is 5.11 Å². The van der Waals surface area contributed by atoms with Gasteiger partial charge in [-0.15, -0.1) is 0 Å². The van der Waals surface area contributed by atoms with Crippen molar-refractivity contribution in [3.8, 4) is 0 Å². The second kappa shape index (κ2) is 9.93. The molecule has 2 aromatic rings. The van der Waals surface area contributed by atoms with E-state index in [1.165, 1.54) is 0 Å². The van der Waals surface area contributed by atoms with E-state index in [-0.39, 0.29) is 12.6 Å². The lowest BCUT2D eigenvalue weighted by Crippen LogP contribution is -2.23. The number of aliphatic hydroxyl groups excluding tert-OH is 1. The predicted molar refractivity (Wildman–Crippen MR) is 94.8 cm³/mol. The standard InChI is InChI=1S/C18H27N5O/c1-3-4-6-16(10-12-24)22-18-15(13-19-14(2)21-18)8-9-17-7-5-11-20-23-17/h5,7,11,13,16,24H,3-4,6,8-10,12H2,1-2H3,(H,19,21,22)/t16-/m0/s1. The van der Waals surface area contributed by atoms with E-state index in [9.17, 15) is 5.11 Å². The number of nitrogens with zero attached hydrogens (tertiary/aromatic N) is 4. The fourth-order valence-electron chi connectivity index (χ4n) is 2.62. The normalized spacial score (nSPS) is 12.1. The number of unbranched alkanes of at least 4 members (excludes halogenated alkanes) is 1. The molecule has 2 heterocycles. The number of hydrogen-bond donors (Lipinski definition) is 2. The SMILES string of the molecule is CCCC[C@@H](CCO)Nc1nc(C)ncc1CCc1cccnn1. The summed E-state index contributed by atoms with van der Waals surface area (Å²) in [5.41, 5.74) is 2.03. The van der Waals surface area contributed by atoms with Gasteiger partial charge in [0.15, 0.2) is 0 Å². The van der Waals surface area contributed by atoms with Crippen molar-refractivity contribution >= 4 is 5.82 Å². The highest BCUT2D eigenvalue weighted by Crippen LogP contribution is 2.18. The van der Waals surface area contributed by atoms with E-state index in [2.05, 4.69) is 32.4 Å². The lowest BCUT2D eigenvalue weighted by Gasteiger charge is -2.20. The molecule has 0 aromatic carbocycles. The van der Waals surface area contributed by atoms with E-state index in [0.717, 1.165) is 61.4 Å². The van der Waals surface area contributed by atoms with Crippen molar-refractivity contribution in [2.75, 3.05) is 11.9 Å². The van der Waals surface area contributed by atoms with Crippen LogP contribution in [0.25, 0.3) is 0 Å². The first-order valence-electron chi connectivity index (χ1n) is 8.69. The van der Waals surface area contributed by atoms with E-state index >= 15 is 0 Å². The minimum atomic E-state index is 0.181. The summed E-state index contributed by atoms with van der Waals surface area (Å²) >= 11 is 0. The van der Waals surface area contributed by atoms with Crippen molar-refractivity contribution in [3.63, 3.8) is 0 Å². The van der Waals surface area contributed by atoms with Crippen LogP contribution < -0.4 is 5.32 Å². The second-order valence-electron chi connectivity index (χ2n) is 6.00. The van der Waals surface area contributed by atoms with Crippen molar-refractivity contribution in [2.45, 2.75) is 58.4 Å². The summed E-state index contributed by atoms with van der Waals surface area (Å²) in [7, 11) is 0. The van der Waals surface area contributed by atoms with Crippen molar-refractivity contribution in [1.82, 2.24) is 20.2 Å². The van der Waals surface area contributed by atoms with E-state index in [1.54, 1.807) is 6.20 Å². The summed E-state index contributed by atoms with van der Waals surface area (Å²) in [5.74, 6) is 1.62. The van der Waals surface area contributed by atoms with Gasteiger partial charge in [-0.3, -0.25) is 0 Å². The van der Waals surface area contributed by atoms with Gasteiger partial charge in [0.2, 0.25) is 0 Å². The minimum absolute atomic E-state index is 0.181. The Labute approximate surface area is 143 Å². The Morgan fingerprint density at radius 2 is 2.12 bits per heavy atom. The van der Waals surface area contributed by atoms with Crippen LogP contribution in [0, 0.1) is 6.92 Å². The monoisotopic (exact) mass is 329 g/mol. The maximum absolute atomic E-state index is 9.30. The third-order valence-electron chi connectivity index (χ3n) is 3.99. The van der Waals surface area contributed by atoms with Crippen LogP contribution in [0.5, 0.6) is 0 Å². The summed E-state index contributed by atoms with van der Waals surface area (Å²) in [6, 6.07) is 4.11. The van der Waals surface area contributed by atoms with Gasteiger partial charge in [0.25, 0.3) is 0 Å². The highest BCUT2D eigenvalue weighted by Gasteiger charge is 2.13. The quantitative estimate of drug-likeness (QED) is 0.697. The van der Waals surface area contributed by atoms with Crippen LogP contribution in [0.2, 0.25) is 0 Å². The molecule has 1 atom stereocenters. The molecule has 0 fully saturated rings. The number of aryl methyl sites for hydroxylation is 3. The van der Waals surface area contributed by atoms with Crippen LogP contribution in [-0.4, -0.2) is 37.9 Å². The fraction of sp³-hybridized carbons (Fsp3) is 0.556. The lowest BCUT2D eigenvalue weighted by molar-refractivity contribution is 0.276. The first kappa shape index (κ1) is 18.3. The topological polar surface area (TPSA) is 83.8 Å². The summed E-state index contributed by atoms with van der Waals surface area (Å²) in [4.78, 5) is 8.91. The number of rotatable bonds is 10. The van der Waals surface area contributed by atoms with Gasteiger partial charge in [-0.1, -0.05) is 19.8 Å². The van der Waals surface area contributed by atoms with Crippen molar-refractivity contribution in [2.24, 2.45) is 0 Å². The molecule has 0 saturated heterocycles. The van der Waals surface area contributed by atoms with Crippen LogP contribution in [0.4, 0.5) is 5.82 Å². The van der Waals surface area contributed by atoms with Gasteiger partial charge in [0, 0.05) is 30.6 Å². The van der Waals surface area contributed by atoms with Crippen LogP contribution in [0.3, 0.4) is 0 Å². The van der Waals surface area contributed by atoms with E-state index in [0.29, 0.717) is 0 Å². The fourth-order valence-corrected chi connectivity index (χ4v) is 2.62. The highest BCUT2D eigenvalue weighted by atomic mass is 16.3. The second-order valence-corrected chi connectivity index (χ2v) is 6.00. The molecule has 6 nitrogen and oxygen atoms in total. The highest BCUT2D eigenvalue weighted by molar-refractivity contribution is 5.44. The van der Waals surface area contributed by atoms with Gasteiger partial charge in [-0.05, 0) is 44.7 Å². The lowest BCUT2D eigenvalue weighted by atomic mass is 10.1. The van der Waals surface area contributed by atoms with Crippen molar-refractivity contribution in [3.05, 3.63) is 41.6 Å². The van der Waals surface area contributed by atoms with Crippen LogP contribution in [-0.2, 0) is 12.8 Å². The number of anilines is 1. The maximum atomic E-state index is 9.30. The number of hydrogen-bond acceptors (Lipinski definition) is 6. The zero-order chi connectivity index (χ0) is 17.2. The zero-order valence-electron chi connectivity index (χ0n) is 14.6. The number of aromatic nitrogens is 4. The van der Waals surface area contributed by atoms with E-state index in [1.807, 2.05) is 25.3 Å². The smallest absolute Gasteiger partial charge is 0.133 e. The van der Waals surface area contributed by atoms with Crippen LogP contribution >= 0.6 is 0 Å². The van der Waals surface area contributed by atoms with Crippen LogP contribution in [0.15, 0.2) is 24.5 Å². The van der Waals surface area contributed by atoms with Gasteiger partial charge < -0.3 is 10.4 Å². The van der Waals surface area contributed by atoms with Gasteiger partial charge in [0.1, 0.15) is 11.6 Å². The molecule has 0 aliphatic heterocycles. The Morgan fingerprint density at radius 1 is 1.25 bits per heavy atom. The Bertz CT molecular complexity index is 606. The molecule has 2 rings (SSSR count). The molecular formula is C18H27N5O. The molecule has 0 aliphatic rings. The molecule has 2 aromatic heterocycles. The summed E-state index contributed by atoms with van der Waals surface area (Å²) in [5, 5.41) is 20.9. The third kappa shape index (κ3) is 5.85. The van der Waals surface area contributed by atoms with Gasteiger partial charge in [-0.2, -0.15) is 10.2 Å². The summed E-state index contributed by atoms with van der Waals surface area (Å²) < 4.78 is 0. The van der Waals surface area contributed by atoms with E-state index < -0.39 is 0 Å². The van der Waals surface area contributed by atoms with Crippen LogP contribution in [0.1, 0.15) is 49.7 Å². The molecule has 2 N–H and O–H groups in total. The molecule has 24 heavy (non-hydrogen) atoms. The minimum Gasteiger partial charge on any atom is -0.396 e. The van der Waals surface area contributed by atoms with Gasteiger partial charge in [-0.25, -0.2) is 9.97 Å². The molecule has 0 amide bonds. The van der Waals surface area contributed by atoms with E-state index in [4.69, 9.17) is 0 Å². The van der Waals surface area contributed by atoms with Gasteiger partial charge in [0.05, 0.1) is 5.69 Å². The zero-order valence-corrected chi connectivity index (χ0v) is 14.6. The third-order valence-corrected chi connectivity index (χ3v) is 3.99. The average Bonchev–Trinajstić information content (AvgIpc) is 2.60. The molecule has 6 heteroatoms. The first-order chi connectivity index (χ1) is 11.7. The van der Waals surface area contributed by atoms with Gasteiger partial charge >= 0.3 is 0 Å². The average molecular weight is 329 g/mol. The summed E-state index contributed by atoms with van der Waals surface area (Å²) in [6.07, 6.45) is 9.21. The molecule has 0 saturated carbocycles. The molecule has 0 aliphatic carbocycles. The predicted octanol–water partition coefficient (Wildman–Crippen LogP) is 2.71. The number of nitrogens with one attached hydrogen (secondary N) is 1. The molecule has 130 valence electrons. The largest absolute Gasteiger partial charge is 0.396 e. The molecule has 0 radical (unpaired) electrons. The molecule has 0 bridgehead atoms. The summed E-state index contributed by atoms with van der Waals surface area (Å²) in [6.45, 7) is 4.25. The Morgan fingerprint density at radius 3 is 2.83 bits per heavy atom. The Hall–Kier alpha value is -2.08. The molecular weight excluding hydrogens is 302 g/mol. The van der Waals surface area contributed by atoms with Crippen molar-refractivity contribution in [1.29, 1.82) is 0 Å². The molecule has 0 unspecified atom stereocenters. The maximum Gasteiger partial charge on any atom is 0.133 e.